The molecule has 1 heterocycles. The molecular weight excluding hydrogens is 335 g/mol. The Morgan fingerprint density at radius 1 is 1.29 bits per heavy atom. The molecule has 1 aromatic rings. The molecule has 0 radical (unpaired) electrons. The lowest BCUT2D eigenvalue weighted by atomic mass is 10.0. The van der Waals surface area contributed by atoms with Crippen molar-refractivity contribution in [2.75, 3.05) is 31.5 Å². The van der Waals surface area contributed by atoms with E-state index in [1.165, 1.54) is 31.5 Å². The molecule has 134 valence electrons. The van der Waals surface area contributed by atoms with Crippen LogP contribution in [0.5, 0.6) is 0 Å². The van der Waals surface area contributed by atoms with Gasteiger partial charge in [-0.25, -0.2) is 0 Å². The van der Waals surface area contributed by atoms with Crippen molar-refractivity contribution in [3.8, 4) is 0 Å². The van der Waals surface area contributed by atoms with Crippen LogP contribution in [0.4, 0.5) is 18.9 Å². The van der Waals surface area contributed by atoms with Crippen LogP contribution in [0, 0.1) is 5.92 Å². The first kappa shape index (κ1) is 19.0. The first-order valence-electron chi connectivity index (χ1n) is 8.29. The van der Waals surface area contributed by atoms with E-state index in [2.05, 4.69) is 22.5 Å². The summed E-state index contributed by atoms with van der Waals surface area (Å²) in [6.07, 6.45) is -0.747. The van der Waals surface area contributed by atoms with Gasteiger partial charge in [-0.15, -0.1) is 0 Å². The van der Waals surface area contributed by atoms with Gasteiger partial charge in [0.2, 0.25) is 0 Å². The standard InChI is InChI=1S/C17H24F3N3S/c1-13-4-2-10-23(12-13)11-3-9-21-16(24)22-15-7-5-14(6-8-15)17(18,19)20/h5-8,13H,2-4,9-12H2,1H3,(H2,21,22,24)/t13-/m0/s1. The number of hydrogen-bond donors (Lipinski definition) is 2. The van der Waals surface area contributed by atoms with Crippen molar-refractivity contribution >= 4 is 23.0 Å². The van der Waals surface area contributed by atoms with E-state index in [1.54, 1.807) is 0 Å². The van der Waals surface area contributed by atoms with Crippen LogP contribution in [0.15, 0.2) is 24.3 Å². The minimum Gasteiger partial charge on any atom is -0.362 e. The van der Waals surface area contributed by atoms with E-state index in [0.29, 0.717) is 10.8 Å². The second-order valence-electron chi connectivity index (χ2n) is 6.36. The molecular formula is C17H24F3N3S. The van der Waals surface area contributed by atoms with E-state index < -0.39 is 11.7 Å². The number of hydrogen-bond acceptors (Lipinski definition) is 2. The van der Waals surface area contributed by atoms with E-state index in [1.807, 2.05) is 0 Å². The van der Waals surface area contributed by atoms with Crippen LogP contribution in [-0.4, -0.2) is 36.2 Å². The number of rotatable bonds is 5. The van der Waals surface area contributed by atoms with Gasteiger partial charge in [0.05, 0.1) is 5.56 Å². The Balaban J connectivity index is 1.66. The molecule has 0 unspecified atom stereocenters. The summed E-state index contributed by atoms with van der Waals surface area (Å²) < 4.78 is 37.5. The molecule has 0 bridgehead atoms. The van der Waals surface area contributed by atoms with Crippen LogP contribution in [-0.2, 0) is 6.18 Å². The topological polar surface area (TPSA) is 27.3 Å². The summed E-state index contributed by atoms with van der Waals surface area (Å²) in [5.74, 6) is 0.772. The molecule has 1 atom stereocenters. The Labute approximate surface area is 146 Å². The SMILES string of the molecule is C[C@H]1CCCN(CCCNC(=S)Nc2ccc(C(F)(F)F)cc2)C1. The fraction of sp³-hybridized carbons (Fsp3) is 0.588. The third kappa shape index (κ3) is 6.28. The molecule has 7 heteroatoms. The van der Waals surface area contributed by atoms with Crippen molar-refractivity contribution in [1.82, 2.24) is 10.2 Å². The van der Waals surface area contributed by atoms with Crippen molar-refractivity contribution in [2.24, 2.45) is 5.92 Å². The van der Waals surface area contributed by atoms with E-state index in [9.17, 15) is 13.2 Å². The smallest absolute Gasteiger partial charge is 0.362 e. The number of benzene rings is 1. The van der Waals surface area contributed by atoms with Gasteiger partial charge >= 0.3 is 6.18 Å². The van der Waals surface area contributed by atoms with Crippen LogP contribution in [0.2, 0.25) is 0 Å². The Morgan fingerprint density at radius 3 is 2.62 bits per heavy atom. The Kier molecular flexibility index (Phi) is 6.86. The van der Waals surface area contributed by atoms with Crippen molar-refractivity contribution in [3.05, 3.63) is 29.8 Å². The average Bonchev–Trinajstić information content (AvgIpc) is 2.51. The molecule has 3 nitrogen and oxygen atoms in total. The van der Waals surface area contributed by atoms with Gasteiger partial charge in [-0.05, 0) is 74.8 Å². The van der Waals surface area contributed by atoms with Crippen molar-refractivity contribution in [2.45, 2.75) is 32.4 Å². The summed E-state index contributed by atoms with van der Waals surface area (Å²) in [7, 11) is 0. The summed E-state index contributed by atoms with van der Waals surface area (Å²) >= 11 is 5.17. The number of alkyl halides is 3. The lowest BCUT2D eigenvalue weighted by Crippen LogP contribution is -2.37. The maximum Gasteiger partial charge on any atom is 0.416 e. The predicted molar refractivity (Wildman–Crippen MR) is 95.1 cm³/mol. The van der Waals surface area contributed by atoms with Crippen LogP contribution >= 0.6 is 12.2 Å². The highest BCUT2D eigenvalue weighted by molar-refractivity contribution is 7.80. The molecule has 1 aromatic carbocycles. The van der Waals surface area contributed by atoms with Crippen molar-refractivity contribution in [3.63, 3.8) is 0 Å². The predicted octanol–water partition coefficient (Wildman–Crippen LogP) is 4.11. The maximum atomic E-state index is 12.5. The Morgan fingerprint density at radius 2 is 2.00 bits per heavy atom. The Hall–Kier alpha value is -1.34. The molecule has 2 N–H and O–H groups in total. The van der Waals surface area contributed by atoms with E-state index in [-0.39, 0.29) is 0 Å². The third-order valence-corrected chi connectivity index (χ3v) is 4.39. The summed E-state index contributed by atoms with van der Waals surface area (Å²) in [4.78, 5) is 2.47. The molecule has 1 saturated heterocycles. The van der Waals surface area contributed by atoms with E-state index in [4.69, 9.17) is 12.2 Å². The van der Waals surface area contributed by atoms with Gasteiger partial charge in [0.1, 0.15) is 0 Å². The highest BCUT2D eigenvalue weighted by Crippen LogP contribution is 2.29. The third-order valence-electron chi connectivity index (χ3n) is 4.15. The lowest BCUT2D eigenvalue weighted by molar-refractivity contribution is -0.137. The van der Waals surface area contributed by atoms with Gasteiger partial charge in [-0.3, -0.25) is 0 Å². The van der Waals surface area contributed by atoms with Gasteiger partial charge in [-0.2, -0.15) is 13.2 Å². The number of piperidine rings is 1. The van der Waals surface area contributed by atoms with Crippen LogP contribution < -0.4 is 10.6 Å². The molecule has 1 aliphatic rings. The van der Waals surface area contributed by atoms with Gasteiger partial charge in [0.25, 0.3) is 0 Å². The first-order chi connectivity index (χ1) is 11.3. The highest BCUT2D eigenvalue weighted by Gasteiger charge is 2.29. The summed E-state index contributed by atoms with van der Waals surface area (Å²) in [6.45, 7) is 6.40. The minimum absolute atomic E-state index is 0.432. The average molecular weight is 359 g/mol. The number of nitrogens with one attached hydrogen (secondary N) is 2. The summed E-state index contributed by atoms with van der Waals surface area (Å²) in [5.41, 5.74) is -0.118. The zero-order valence-electron chi connectivity index (χ0n) is 13.8. The molecule has 2 rings (SSSR count). The van der Waals surface area contributed by atoms with Gasteiger partial charge in [-0.1, -0.05) is 6.92 Å². The number of halogens is 3. The van der Waals surface area contributed by atoms with Gasteiger partial charge in [0, 0.05) is 18.8 Å². The van der Waals surface area contributed by atoms with Crippen LogP contribution in [0.3, 0.4) is 0 Å². The minimum atomic E-state index is -4.32. The molecule has 0 amide bonds. The van der Waals surface area contributed by atoms with Gasteiger partial charge < -0.3 is 15.5 Å². The van der Waals surface area contributed by atoms with E-state index >= 15 is 0 Å². The monoisotopic (exact) mass is 359 g/mol. The van der Waals surface area contributed by atoms with E-state index in [0.717, 1.165) is 44.1 Å². The molecule has 24 heavy (non-hydrogen) atoms. The number of likely N-dealkylation sites (tertiary alicyclic amines) is 1. The Bertz CT molecular complexity index is 531. The molecule has 0 spiro atoms. The number of nitrogens with zero attached hydrogens (tertiary/aromatic N) is 1. The second-order valence-corrected chi connectivity index (χ2v) is 6.77. The fourth-order valence-corrected chi connectivity index (χ4v) is 3.13. The zero-order valence-corrected chi connectivity index (χ0v) is 14.6. The van der Waals surface area contributed by atoms with Crippen molar-refractivity contribution in [1.29, 1.82) is 0 Å². The molecule has 0 saturated carbocycles. The normalized spacial score (nSPS) is 19.1. The summed E-state index contributed by atoms with van der Waals surface area (Å²) in [5, 5.41) is 6.44. The maximum absolute atomic E-state index is 12.5. The number of thiocarbonyl (C=S) groups is 1. The number of anilines is 1. The van der Waals surface area contributed by atoms with Gasteiger partial charge in [0.15, 0.2) is 5.11 Å². The zero-order chi connectivity index (χ0) is 17.6. The molecule has 1 aliphatic heterocycles. The first-order valence-corrected chi connectivity index (χ1v) is 8.70. The van der Waals surface area contributed by atoms with Crippen LogP contribution in [0.25, 0.3) is 0 Å². The second kappa shape index (κ2) is 8.67. The molecule has 0 aliphatic carbocycles. The van der Waals surface area contributed by atoms with Crippen LogP contribution in [0.1, 0.15) is 31.7 Å². The highest BCUT2D eigenvalue weighted by atomic mass is 32.1. The lowest BCUT2D eigenvalue weighted by Gasteiger charge is -2.30. The fourth-order valence-electron chi connectivity index (χ4n) is 2.91. The quantitative estimate of drug-likeness (QED) is 0.611. The molecule has 1 fully saturated rings. The van der Waals surface area contributed by atoms with Crippen molar-refractivity contribution < 1.29 is 13.2 Å². The largest absolute Gasteiger partial charge is 0.416 e. The molecule has 0 aromatic heterocycles. The summed E-state index contributed by atoms with van der Waals surface area (Å²) in [6, 6.07) is 4.85.